The number of benzene rings is 1. The van der Waals surface area contributed by atoms with Crippen molar-refractivity contribution >= 4 is 28.9 Å². The van der Waals surface area contributed by atoms with Gasteiger partial charge in [-0.15, -0.1) is 0 Å². The van der Waals surface area contributed by atoms with Crippen LogP contribution in [0.1, 0.15) is 10.4 Å². The molecule has 0 aliphatic carbocycles. The van der Waals surface area contributed by atoms with Gasteiger partial charge in [0.25, 0.3) is 0 Å². The van der Waals surface area contributed by atoms with Crippen LogP contribution in [0.15, 0.2) is 12.1 Å². The molecule has 0 saturated heterocycles. The molecule has 0 amide bonds. The number of nitrogens with zero attached hydrogens (tertiary/aromatic N) is 2. The summed E-state index contributed by atoms with van der Waals surface area (Å²) in [5.74, 6) is -0.870. The van der Waals surface area contributed by atoms with Gasteiger partial charge in [0.1, 0.15) is 5.02 Å². The zero-order chi connectivity index (χ0) is 13.2. The summed E-state index contributed by atoms with van der Waals surface area (Å²) >= 11 is 5.52. The zero-order valence-electron chi connectivity index (χ0n) is 8.38. The number of halogens is 1. The maximum absolute atomic E-state index is 11.1. The second-order valence-corrected chi connectivity index (χ2v) is 3.24. The summed E-state index contributed by atoms with van der Waals surface area (Å²) in [6.07, 6.45) is 0. The van der Waals surface area contributed by atoms with Crippen LogP contribution >= 0.6 is 11.6 Å². The third kappa shape index (κ3) is 2.48. The van der Waals surface area contributed by atoms with Crippen LogP contribution in [-0.2, 0) is 4.74 Å². The van der Waals surface area contributed by atoms with Crippen LogP contribution in [0, 0.1) is 20.2 Å². The summed E-state index contributed by atoms with van der Waals surface area (Å²) < 4.78 is 4.34. The Kier molecular flexibility index (Phi) is 3.59. The van der Waals surface area contributed by atoms with Crippen molar-refractivity contribution in [2.24, 2.45) is 0 Å². The molecule has 0 fully saturated rings. The summed E-state index contributed by atoms with van der Waals surface area (Å²) in [6.45, 7) is 0. The first-order valence-electron chi connectivity index (χ1n) is 4.09. The highest BCUT2D eigenvalue weighted by molar-refractivity contribution is 6.33. The van der Waals surface area contributed by atoms with Crippen LogP contribution in [0.4, 0.5) is 11.4 Å². The second kappa shape index (κ2) is 4.74. The number of rotatable bonds is 3. The predicted molar refractivity (Wildman–Crippen MR) is 56.1 cm³/mol. The van der Waals surface area contributed by atoms with Crippen molar-refractivity contribution in [2.75, 3.05) is 7.11 Å². The van der Waals surface area contributed by atoms with E-state index in [1.165, 1.54) is 0 Å². The molecule has 1 aromatic carbocycles. The van der Waals surface area contributed by atoms with Crippen LogP contribution in [0.5, 0.6) is 0 Å². The molecule has 1 rings (SSSR count). The number of nitro benzene ring substituents is 2. The molecule has 0 aliphatic rings. The van der Waals surface area contributed by atoms with E-state index in [0.29, 0.717) is 0 Å². The molecular weight excluding hydrogens is 256 g/mol. The molecule has 9 heteroatoms. The predicted octanol–water partition coefficient (Wildman–Crippen LogP) is 1.94. The summed E-state index contributed by atoms with van der Waals surface area (Å²) in [6, 6.07) is 1.69. The van der Waals surface area contributed by atoms with Gasteiger partial charge in [0, 0.05) is 6.07 Å². The SMILES string of the molecule is COC(=O)c1cc(Cl)c([N+](=O)[O-])c([N+](=O)[O-])c1. The fraction of sp³-hybridized carbons (Fsp3) is 0.125. The maximum atomic E-state index is 11.1. The number of ether oxygens (including phenoxy) is 1. The topological polar surface area (TPSA) is 113 Å². The molecule has 17 heavy (non-hydrogen) atoms. The minimum Gasteiger partial charge on any atom is -0.465 e. The molecular formula is C8H5ClN2O6. The number of hydrogen-bond donors (Lipinski definition) is 0. The lowest BCUT2D eigenvalue weighted by molar-refractivity contribution is -0.422. The van der Waals surface area contributed by atoms with Crippen LogP contribution in [0.25, 0.3) is 0 Å². The van der Waals surface area contributed by atoms with Crippen LogP contribution in [0.3, 0.4) is 0 Å². The first-order valence-corrected chi connectivity index (χ1v) is 4.47. The van der Waals surface area contributed by atoms with Gasteiger partial charge in [-0.25, -0.2) is 4.79 Å². The molecule has 0 saturated carbocycles. The molecule has 0 heterocycles. The fourth-order valence-electron chi connectivity index (χ4n) is 1.14. The van der Waals surface area contributed by atoms with E-state index in [1.807, 2.05) is 0 Å². The Balaban J connectivity index is 3.52. The third-order valence-corrected chi connectivity index (χ3v) is 2.13. The van der Waals surface area contributed by atoms with Crippen molar-refractivity contribution in [1.29, 1.82) is 0 Å². The lowest BCUT2D eigenvalue weighted by Gasteiger charge is -2.01. The number of hydrogen-bond acceptors (Lipinski definition) is 6. The standard InChI is InChI=1S/C8H5ClN2O6/c1-17-8(12)4-2-5(9)7(11(15)16)6(3-4)10(13)14/h2-3H,1H3. The Morgan fingerprint density at radius 1 is 1.29 bits per heavy atom. The van der Waals surface area contributed by atoms with E-state index >= 15 is 0 Å². The smallest absolute Gasteiger partial charge is 0.364 e. The summed E-state index contributed by atoms with van der Waals surface area (Å²) in [5, 5.41) is 20.7. The van der Waals surface area contributed by atoms with Gasteiger partial charge < -0.3 is 4.74 Å². The molecule has 1 aromatic rings. The molecule has 0 spiro atoms. The highest BCUT2D eigenvalue weighted by atomic mass is 35.5. The number of carbonyl (C=O) groups excluding carboxylic acids is 1. The Morgan fingerprint density at radius 2 is 1.88 bits per heavy atom. The van der Waals surface area contributed by atoms with Crippen molar-refractivity contribution in [2.45, 2.75) is 0 Å². The van der Waals surface area contributed by atoms with E-state index in [9.17, 15) is 25.0 Å². The van der Waals surface area contributed by atoms with E-state index in [4.69, 9.17) is 11.6 Å². The van der Waals surface area contributed by atoms with E-state index < -0.39 is 32.2 Å². The molecule has 0 aliphatic heterocycles. The van der Waals surface area contributed by atoms with Gasteiger partial charge in [0.2, 0.25) is 0 Å². The van der Waals surface area contributed by atoms with Gasteiger partial charge >= 0.3 is 17.3 Å². The molecule has 90 valence electrons. The Morgan fingerprint density at radius 3 is 2.29 bits per heavy atom. The van der Waals surface area contributed by atoms with Gasteiger partial charge in [0.15, 0.2) is 0 Å². The Labute approximate surface area is 99.0 Å². The molecule has 0 N–H and O–H groups in total. The van der Waals surface area contributed by atoms with Gasteiger partial charge in [0.05, 0.1) is 22.5 Å². The highest BCUT2D eigenvalue weighted by Gasteiger charge is 2.30. The van der Waals surface area contributed by atoms with E-state index in [1.54, 1.807) is 0 Å². The molecule has 0 aromatic heterocycles. The fourth-order valence-corrected chi connectivity index (χ4v) is 1.42. The monoisotopic (exact) mass is 260 g/mol. The van der Waals surface area contributed by atoms with Crippen molar-refractivity contribution in [3.63, 3.8) is 0 Å². The molecule has 0 radical (unpaired) electrons. The maximum Gasteiger partial charge on any atom is 0.364 e. The van der Waals surface area contributed by atoms with Crippen molar-refractivity contribution in [3.8, 4) is 0 Å². The first kappa shape index (κ1) is 12.8. The zero-order valence-corrected chi connectivity index (χ0v) is 9.13. The first-order chi connectivity index (χ1) is 7.88. The Hall–Kier alpha value is -2.22. The van der Waals surface area contributed by atoms with E-state index in [2.05, 4.69) is 4.74 Å². The van der Waals surface area contributed by atoms with Gasteiger partial charge in [-0.3, -0.25) is 20.2 Å². The van der Waals surface area contributed by atoms with Gasteiger partial charge in [-0.1, -0.05) is 11.6 Å². The summed E-state index contributed by atoms with van der Waals surface area (Å²) in [4.78, 5) is 30.4. The van der Waals surface area contributed by atoms with Crippen LogP contribution < -0.4 is 0 Å². The number of esters is 1. The summed E-state index contributed by atoms with van der Waals surface area (Å²) in [7, 11) is 1.07. The number of methoxy groups -OCH3 is 1. The molecule has 8 nitrogen and oxygen atoms in total. The lowest BCUT2D eigenvalue weighted by atomic mass is 10.1. The highest BCUT2D eigenvalue weighted by Crippen LogP contribution is 2.35. The lowest BCUT2D eigenvalue weighted by Crippen LogP contribution is -2.04. The van der Waals surface area contributed by atoms with E-state index in [0.717, 1.165) is 19.2 Å². The van der Waals surface area contributed by atoms with Crippen molar-refractivity contribution in [3.05, 3.63) is 42.9 Å². The van der Waals surface area contributed by atoms with Crippen LogP contribution in [-0.4, -0.2) is 22.9 Å². The largest absolute Gasteiger partial charge is 0.465 e. The van der Waals surface area contributed by atoms with Crippen LogP contribution in [0.2, 0.25) is 5.02 Å². The second-order valence-electron chi connectivity index (χ2n) is 2.83. The van der Waals surface area contributed by atoms with Gasteiger partial charge in [-0.05, 0) is 6.07 Å². The number of nitro groups is 2. The minimum atomic E-state index is -0.990. The quantitative estimate of drug-likeness (QED) is 0.466. The normalized spacial score (nSPS) is 9.76. The third-order valence-electron chi connectivity index (χ3n) is 1.84. The molecule has 0 atom stereocenters. The minimum absolute atomic E-state index is 0.227. The molecule has 0 bridgehead atoms. The number of carbonyl (C=O) groups is 1. The van der Waals surface area contributed by atoms with Gasteiger partial charge in [-0.2, -0.15) is 0 Å². The average molecular weight is 261 g/mol. The average Bonchev–Trinajstić information content (AvgIpc) is 2.26. The van der Waals surface area contributed by atoms with E-state index in [-0.39, 0.29) is 5.56 Å². The molecule has 0 unspecified atom stereocenters. The van der Waals surface area contributed by atoms with Crippen molar-refractivity contribution in [1.82, 2.24) is 0 Å². The van der Waals surface area contributed by atoms with Crippen molar-refractivity contribution < 1.29 is 19.4 Å². The Bertz CT molecular complexity index is 515. The summed E-state index contributed by atoms with van der Waals surface area (Å²) in [5.41, 5.74) is -1.94.